The first-order chi connectivity index (χ1) is 15.2. The van der Waals surface area contributed by atoms with Crippen LogP contribution in [-0.4, -0.2) is 35.3 Å². The fourth-order valence-corrected chi connectivity index (χ4v) is 4.13. The molecule has 4 heteroatoms. The Bertz CT molecular complexity index is 1100. The minimum Gasteiger partial charge on any atom is -0.383 e. The van der Waals surface area contributed by atoms with Gasteiger partial charge in [0.25, 0.3) is 0 Å². The number of nitrogens with zero attached hydrogens (tertiary/aromatic N) is 2. The maximum Gasteiger partial charge on any atom is 0.162 e. The van der Waals surface area contributed by atoms with Crippen LogP contribution in [0, 0.1) is 11.8 Å². The molecule has 1 aliphatic rings. The molecule has 0 atom stereocenters. The molecule has 1 aromatic heterocycles. The summed E-state index contributed by atoms with van der Waals surface area (Å²) in [5.41, 5.74) is 8.42. The van der Waals surface area contributed by atoms with Gasteiger partial charge in [-0.1, -0.05) is 54.7 Å². The van der Waals surface area contributed by atoms with E-state index in [9.17, 15) is 4.79 Å². The molecule has 1 saturated heterocycles. The molecule has 0 aliphatic carbocycles. The number of likely N-dealkylation sites (tertiary alicyclic amines) is 1. The summed E-state index contributed by atoms with van der Waals surface area (Å²) in [5.74, 6) is 6.97. The van der Waals surface area contributed by atoms with Crippen molar-refractivity contribution < 1.29 is 4.79 Å². The van der Waals surface area contributed by atoms with Gasteiger partial charge in [0, 0.05) is 34.5 Å². The van der Waals surface area contributed by atoms with Crippen LogP contribution in [0.1, 0.15) is 60.0 Å². The maximum absolute atomic E-state index is 12.5. The molecular formula is C27H29N3O. The molecule has 3 aromatic rings. The molecule has 2 heterocycles. The number of rotatable bonds is 6. The number of hydrogen-bond acceptors (Lipinski definition) is 4. The van der Waals surface area contributed by atoms with Crippen LogP contribution in [0.3, 0.4) is 0 Å². The van der Waals surface area contributed by atoms with Crippen LogP contribution in [0.2, 0.25) is 0 Å². The Labute approximate surface area is 184 Å². The molecule has 4 rings (SSSR count). The van der Waals surface area contributed by atoms with Crippen LogP contribution in [0.25, 0.3) is 10.8 Å². The Morgan fingerprint density at radius 1 is 0.968 bits per heavy atom. The lowest BCUT2D eigenvalue weighted by Gasteiger charge is -2.26. The van der Waals surface area contributed by atoms with Crippen LogP contribution in [0.15, 0.2) is 54.7 Å². The van der Waals surface area contributed by atoms with Crippen LogP contribution in [-0.2, 0) is 0 Å². The number of ketones is 1. The van der Waals surface area contributed by atoms with Gasteiger partial charge in [0.15, 0.2) is 5.78 Å². The minimum absolute atomic E-state index is 0.209. The Morgan fingerprint density at radius 2 is 1.74 bits per heavy atom. The average Bonchev–Trinajstić information content (AvgIpc) is 2.82. The highest BCUT2D eigenvalue weighted by atomic mass is 16.1. The molecule has 1 aliphatic heterocycles. The third-order valence-electron chi connectivity index (χ3n) is 5.94. The van der Waals surface area contributed by atoms with Crippen molar-refractivity contribution in [3.63, 3.8) is 0 Å². The number of unbranched alkanes of at least 4 members (excludes halogenated alkanes) is 1. The first kappa shape index (κ1) is 21.1. The number of pyridine rings is 1. The number of piperidine rings is 1. The summed E-state index contributed by atoms with van der Waals surface area (Å²) in [4.78, 5) is 19.3. The number of fused-ring (bicyclic) bond motifs is 1. The molecule has 0 radical (unpaired) electrons. The zero-order valence-corrected chi connectivity index (χ0v) is 17.9. The van der Waals surface area contributed by atoms with Gasteiger partial charge in [-0.2, -0.15) is 0 Å². The van der Waals surface area contributed by atoms with Gasteiger partial charge in [-0.3, -0.25) is 4.79 Å². The number of hydrogen-bond donors (Lipinski definition) is 1. The summed E-state index contributed by atoms with van der Waals surface area (Å²) in [6, 6.07) is 15.5. The van der Waals surface area contributed by atoms with E-state index in [1.165, 1.54) is 32.4 Å². The molecule has 31 heavy (non-hydrogen) atoms. The summed E-state index contributed by atoms with van der Waals surface area (Å²) in [5, 5.41) is 2.01. The first-order valence-corrected chi connectivity index (χ1v) is 11.2. The molecular weight excluding hydrogens is 382 g/mol. The second-order valence-corrected chi connectivity index (χ2v) is 8.22. The van der Waals surface area contributed by atoms with Gasteiger partial charge in [0.05, 0.1) is 5.56 Å². The predicted molar refractivity (Wildman–Crippen MR) is 127 cm³/mol. The fourth-order valence-electron chi connectivity index (χ4n) is 4.13. The van der Waals surface area contributed by atoms with Crippen LogP contribution in [0.4, 0.5) is 5.82 Å². The Morgan fingerprint density at radius 3 is 2.55 bits per heavy atom. The van der Waals surface area contributed by atoms with E-state index in [1.54, 1.807) is 6.20 Å². The van der Waals surface area contributed by atoms with Crippen LogP contribution < -0.4 is 5.73 Å². The zero-order valence-electron chi connectivity index (χ0n) is 17.9. The summed E-state index contributed by atoms with van der Waals surface area (Å²) in [7, 11) is 0. The lowest BCUT2D eigenvalue weighted by molar-refractivity contribution is 0.0977. The molecule has 2 N–H and O–H groups in total. The van der Waals surface area contributed by atoms with Gasteiger partial charge in [0.1, 0.15) is 5.82 Å². The normalized spacial score (nSPS) is 14.2. The van der Waals surface area contributed by atoms with Crippen molar-refractivity contribution >= 4 is 22.4 Å². The lowest BCUT2D eigenvalue weighted by Crippen LogP contribution is -2.30. The first-order valence-electron chi connectivity index (χ1n) is 11.2. The van der Waals surface area contributed by atoms with Crippen molar-refractivity contribution in [2.45, 2.75) is 38.5 Å². The van der Waals surface area contributed by atoms with Gasteiger partial charge in [-0.15, -0.1) is 0 Å². The van der Waals surface area contributed by atoms with Gasteiger partial charge in [-0.25, -0.2) is 4.98 Å². The zero-order chi connectivity index (χ0) is 21.5. The molecule has 0 unspecified atom stereocenters. The lowest BCUT2D eigenvalue weighted by atomic mass is 10.0. The van der Waals surface area contributed by atoms with E-state index in [-0.39, 0.29) is 5.78 Å². The number of nitrogens with two attached hydrogens (primary N) is 1. The number of carbonyl (C=O) groups is 1. The van der Waals surface area contributed by atoms with E-state index in [1.807, 2.05) is 48.5 Å². The van der Waals surface area contributed by atoms with Gasteiger partial charge < -0.3 is 10.6 Å². The van der Waals surface area contributed by atoms with Gasteiger partial charge in [0.2, 0.25) is 0 Å². The molecule has 0 spiro atoms. The molecule has 0 amide bonds. The second kappa shape index (κ2) is 10.2. The van der Waals surface area contributed by atoms with Crippen molar-refractivity contribution in [1.82, 2.24) is 9.88 Å². The Kier molecular flexibility index (Phi) is 6.96. The fraction of sp³-hybridized carbons (Fsp3) is 0.333. The summed E-state index contributed by atoms with van der Waals surface area (Å²) in [6.45, 7) is 3.56. The standard InChI is InChI=1S/C27H29N3O/c28-27-25(24-9-3-2-8-23(24)20-29-27)16-13-21-11-14-22(15-12-21)26(31)10-4-7-19-30-17-5-1-6-18-30/h2-3,8-9,11-12,14-15,20H,1,4-7,10,17-19H2,(H2,28,29). The molecule has 0 saturated carbocycles. The molecule has 2 aromatic carbocycles. The quantitative estimate of drug-likeness (QED) is 0.350. The largest absolute Gasteiger partial charge is 0.383 e. The van der Waals surface area contributed by atoms with Crippen molar-refractivity contribution in [3.05, 3.63) is 71.4 Å². The average molecular weight is 412 g/mol. The topological polar surface area (TPSA) is 59.2 Å². The molecule has 158 valence electrons. The molecule has 1 fully saturated rings. The summed E-state index contributed by atoms with van der Waals surface area (Å²) >= 11 is 0. The number of Topliss-reactive ketones (excluding diaryl/α,β-unsaturated/α-hetero) is 1. The van der Waals surface area contributed by atoms with E-state index in [2.05, 4.69) is 21.7 Å². The Hall–Kier alpha value is -3.16. The number of carbonyl (C=O) groups excluding carboxylic acids is 1. The smallest absolute Gasteiger partial charge is 0.162 e. The Balaban J connectivity index is 1.35. The minimum atomic E-state index is 0.209. The van der Waals surface area contributed by atoms with E-state index < -0.39 is 0 Å². The van der Waals surface area contributed by atoms with Gasteiger partial charge >= 0.3 is 0 Å². The third-order valence-corrected chi connectivity index (χ3v) is 5.94. The van der Waals surface area contributed by atoms with Crippen molar-refractivity contribution in [2.75, 3.05) is 25.4 Å². The maximum atomic E-state index is 12.5. The van der Waals surface area contributed by atoms with Crippen molar-refractivity contribution in [3.8, 4) is 11.8 Å². The summed E-state index contributed by atoms with van der Waals surface area (Å²) in [6.07, 6.45) is 8.41. The number of anilines is 1. The number of benzene rings is 2. The SMILES string of the molecule is Nc1ncc2ccccc2c1C#Cc1ccc(C(=O)CCCCN2CCCCC2)cc1. The second-order valence-electron chi connectivity index (χ2n) is 8.22. The summed E-state index contributed by atoms with van der Waals surface area (Å²) < 4.78 is 0. The van der Waals surface area contributed by atoms with E-state index in [0.29, 0.717) is 12.2 Å². The highest BCUT2D eigenvalue weighted by Gasteiger charge is 2.10. The monoisotopic (exact) mass is 411 g/mol. The number of nitrogen functional groups attached to an aromatic ring is 1. The predicted octanol–water partition coefficient (Wildman–Crippen LogP) is 5.06. The highest BCUT2D eigenvalue weighted by Crippen LogP contribution is 2.21. The molecule has 0 bridgehead atoms. The highest BCUT2D eigenvalue weighted by molar-refractivity contribution is 5.96. The van der Waals surface area contributed by atoms with Crippen molar-refractivity contribution in [2.24, 2.45) is 0 Å². The van der Waals surface area contributed by atoms with Crippen LogP contribution >= 0.6 is 0 Å². The van der Waals surface area contributed by atoms with E-state index in [0.717, 1.165) is 46.8 Å². The van der Waals surface area contributed by atoms with Crippen molar-refractivity contribution in [1.29, 1.82) is 0 Å². The van der Waals surface area contributed by atoms with E-state index in [4.69, 9.17) is 5.73 Å². The molecule has 4 nitrogen and oxygen atoms in total. The number of aromatic nitrogens is 1. The van der Waals surface area contributed by atoms with Crippen LogP contribution in [0.5, 0.6) is 0 Å². The van der Waals surface area contributed by atoms with E-state index >= 15 is 0 Å². The van der Waals surface area contributed by atoms with Gasteiger partial charge in [-0.05, 0) is 57.5 Å². The third kappa shape index (κ3) is 5.51.